The summed E-state index contributed by atoms with van der Waals surface area (Å²) in [5.41, 5.74) is 4.34. The standard InChI is InChI=1S/C13H9F3N2O/c14-8-3-1-2-4-12(8)18-13(19)7-5-11(17)10(16)6-9(7)15/h1-6H,17H2,(H,18,19). The maximum atomic E-state index is 13.4. The average molecular weight is 266 g/mol. The minimum atomic E-state index is -1.07. The first kappa shape index (κ1) is 12.9. The number of carbonyl (C=O) groups is 1. The van der Waals surface area contributed by atoms with E-state index in [1.807, 2.05) is 0 Å². The summed E-state index contributed by atoms with van der Waals surface area (Å²) in [4.78, 5) is 11.8. The molecule has 0 saturated heterocycles. The molecule has 0 unspecified atom stereocenters. The Morgan fingerprint density at radius 2 is 1.68 bits per heavy atom. The van der Waals surface area contributed by atoms with Gasteiger partial charge < -0.3 is 11.1 Å². The van der Waals surface area contributed by atoms with Crippen molar-refractivity contribution in [3.8, 4) is 0 Å². The third-order valence-corrected chi connectivity index (χ3v) is 2.45. The molecule has 0 fully saturated rings. The second kappa shape index (κ2) is 5.01. The monoisotopic (exact) mass is 266 g/mol. The summed E-state index contributed by atoms with van der Waals surface area (Å²) in [6.07, 6.45) is 0. The van der Waals surface area contributed by atoms with Gasteiger partial charge in [0, 0.05) is 6.07 Å². The van der Waals surface area contributed by atoms with Gasteiger partial charge in [0.15, 0.2) is 0 Å². The number of hydrogen-bond donors (Lipinski definition) is 2. The molecule has 0 atom stereocenters. The summed E-state index contributed by atoms with van der Waals surface area (Å²) < 4.78 is 39.7. The van der Waals surface area contributed by atoms with Crippen molar-refractivity contribution in [2.45, 2.75) is 0 Å². The highest BCUT2D eigenvalue weighted by Crippen LogP contribution is 2.19. The van der Waals surface area contributed by atoms with E-state index in [-0.39, 0.29) is 11.4 Å². The lowest BCUT2D eigenvalue weighted by Gasteiger charge is -2.08. The quantitative estimate of drug-likeness (QED) is 0.821. The zero-order valence-electron chi connectivity index (χ0n) is 9.58. The molecule has 0 aliphatic carbocycles. The molecule has 19 heavy (non-hydrogen) atoms. The Morgan fingerprint density at radius 3 is 2.37 bits per heavy atom. The number of halogens is 3. The molecule has 0 aliphatic rings. The molecule has 0 bridgehead atoms. The number of nitrogen functional groups attached to an aromatic ring is 1. The number of hydrogen-bond acceptors (Lipinski definition) is 2. The van der Waals surface area contributed by atoms with Crippen LogP contribution in [-0.4, -0.2) is 5.91 Å². The Morgan fingerprint density at radius 1 is 1.00 bits per heavy atom. The highest BCUT2D eigenvalue weighted by Gasteiger charge is 2.16. The van der Waals surface area contributed by atoms with Gasteiger partial charge in [0.05, 0.1) is 16.9 Å². The molecule has 0 spiro atoms. The summed E-state index contributed by atoms with van der Waals surface area (Å²) in [6, 6.07) is 6.78. The van der Waals surface area contributed by atoms with Crippen LogP contribution in [-0.2, 0) is 0 Å². The molecule has 0 aromatic heterocycles. The number of nitrogens with one attached hydrogen (secondary N) is 1. The molecule has 98 valence electrons. The van der Waals surface area contributed by atoms with Gasteiger partial charge in [-0.3, -0.25) is 4.79 Å². The first-order valence-corrected chi connectivity index (χ1v) is 5.29. The van der Waals surface area contributed by atoms with Gasteiger partial charge in [-0.25, -0.2) is 13.2 Å². The van der Waals surface area contributed by atoms with Gasteiger partial charge in [0.1, 0.15) is 17.5 Å². The molecular weight excluding hydrogens is 257 g/mol. The molecule has 3 nitrogen and oxygen atoms in total. The van der Waals surface area contributed by atoms with E-state index in [1.54, 1.807) is 0 Å². The topological polar surface area (TPSA) is 55.1 Å². The van der Waals surface area contributed by atoms with E-state index < -0.39 is 28.9 Å². The third kappa shape index (κ3) is 2.67. The van der Waals surface area contributed by atoms with Crippen LogP contribution in [0.4, 0.5) is 24.5 Å². The highest BCUT2D eigenvalue weighted by atomic mass is 19.1. The lowest BCUT2D eigenvalue weighted by Crippen LogP contribution is -2.15. The van der Waals surface area contributed by atoms with Crippen LogP contribution >= 0.6 is 0 Å². The Hall–Kier alpha value is -2.50. The van der Waals surface area contributed by atoms with Crippen LogP contribution in [0.5, 0.6) is 0 Å². The van der Waals surface area contributed by atoms with Gasteiger partial charge in [-0.2, -0.15) is 0 Å². The zero-order chi connectivity index (χ0) is 14.0. The van der Waals surface area contributed by atoms with Crippen LogP contribution < -0.4 is 11.1 Å². The molecule has 1 amide bonds. The van der Waals surface area contributed by atoms with Crippen LogP contribution in [0, 0.1) is 17.5 Å². The second-order valence-corrected chi connectivity index (χ2v) is 3.79. The first-order valence-electron chi connectivity index (χ1n) is 5.29. The lowest BCUT2D eigenvalue weighted by molar-refractivity contribution is 0.102. The normalized spacial score (nSPS) is 10.3. The smallest absolute Gasteiger partial charge is 0.258 e. The van der Waals surface area contributed by atoms with E-state index in [1.165, 1.54) is 18.2 Å². The summed E-state index contributed by atoms with van der Waals surface area (Å²) in [5.74, 6) is -3.60. The Balaban J connectivity index is 2.31. The van der Waals surface area contributed by atoms with Gasteiger partial charge in [-0.15, -0.1) is 0 Å². The van der Waals surface area contributed by atoms with Crippen LogP contribution in [0.25, 0.3) is 0 Å². The average Bonchev–Trinajstić information content (AvgIpc) is 2.36. The molecule has 0 aliphatic heterocycles. The van der Waals surface area contributed by atoms with Crippen LogP contribution in [0.3, 0.4) is 0 Å². The van der Waals surface area contributed by atoms with Crippen molar-refractivity contribution in [3.63, 3.8) is 0 Å². The second-order valence-electron chi connectivity index (χ2n) is 3.79. The summed E-state index contributed by atoms with van der Waals surface area (Å²) >= 11 is 0. The summed E-state index contributed by atoms with van der Waals surface area (Å²) in [6.45, 7) is 0. The van der Waals surface area contributed by atoms with Crippen LogP contribution in [0.1, 0.15) is 10.4 Å². The van der Waals surface area contributed by atoms with Crippen molar-refractivity contribution < 1.29 is 18.0 Å². The Labute approximate surface area is 106 Å². The predicted octanol–water partition coefficient (Wildman–Crippen LogP) is 2.94. The minimum absolute atomic E-state index is 0.102. The molecule has 0 saturated carbocycles. The van der Waals surface area contributed by atoms with Crippen molar-refractivity contribution in [3.05, 3.63) is 59.4 Å². The number of amides is 1. The molecule has 2 aromatic rings. The van der Waals surface area contributed by atoms with E-state index in [0.717, 1.165) is 12.1 Å². The van der Waals surface area contributed by atoms with E-state index in [2.05, 4.69) is 5.32 Å². The predicted molar refractivity (Wildman–Crippen MR) is 65.1 cm³/mol. The summed E-state index contributed by atoms with van der Waals surface area (Å²) in [5, 5.41) is 2.18. The van der Waals surface area contributed by atoms with E-state index >= 15 is 0 Å². The lowest BCUT2D eigenvalue weighted by atomic mass is 10.1. The molecule has 0 radical (unpaired) electrons. The first-order chi connectivity index (χ1) is 8.99. The SMILES string of the molecule is Nc1cc(C(=O)Nc2ccccc2F)c(F)cc1F. The minimum Gasteiger partial charge on any atom is -0.396 e. The summed E-state index contributed by atoms with van der Waals surface area (Å²) in [7, 11) is 0. The van der Waals surface area contributed by atoms with E-state index in [0.29, 0.717) is 6.07 Å². The van der Waals surface area contributed by atoms with Crippen molar-refractivity contribution in [1.82, 2.24) is 0 Å². The van der Waals surface area contributed by atoms with E-state index in [9.17, 15) is 18.0 Å². The Bertz CT molecular complexity index is 644. The molecule has 2 rings (SSSR count). The van der Waals surface area contributed by atoms with Gasteiger partial charge in [-0.05, 0) is 18.2 Å². The van der Waals surface area contributed by atoms with Crippen molar-refractivity contribution in [1.29, 1.82) is 0 Å². The fourth-order valence-corrected chi connectivity index (χ4v) is 1.49. The fraction of sp³-hybridized carbons (Fsp3) is 0. The van der Waals surface area contributed by atoms with Crippen LogP contribution in [0.2, 0.25) is 0 Å². The van der Waals surface area contributed by atoms with Gasteiger partial charge >= 0.3 is 0 Å². The van der Waals surface area contributed by atoms with Crippen molar-refractivity contribution >= 4 is 17.3 Å². The molecule has 2 aromatic carbocycles. The third-order valence-electron chi connectivity index (χ3n) is 2.45. The number of carbonyl (C=O) groups excluding carboxylic acids is 1. The van der Waals surface area contributed by atoms with Crippen molar-refractivity contribution in [2.24, 2.45) is 0 Å². The number of para-hydroxylation sites is 1. The van der Waals surface area contributed by atoms with Gasteiger partial charge in [-0.1, -0.05) is 12.1 Å². The zero-order valence-corrected chi connectivity index (χ0v) is 9.58. The van der Waals surface area contributed by atoms with Crippen LogP contribution in [0.15, 0.2) is 36.4 Å². The maximum Gasteiger partial charge on any atom is 0.258 e. The molecule has 6 heteroatoms. The largest absolute Gasteiger partial charge is 0.396 e. The van der Waals surface area contributed by atoms with Crippen molar-refractivity contribution in [2.75, 3.05) is 11.1 Å². The van der Waals surface area contributed by atoms with E-state index in [4.69, 9.17) is 5.73 Å². The maximum absolute atomic E-state index is 13.4. The fourth-order valence-electron chi connectivity index (χ4n) is 1.49. The number of rotatable bonds is 2. The van der Waals surface area contributed by atoms with Gasteiger partial charge in [0.25, 0.3) is 5.91 Å². The molecular formula is C13H9F3N2O. The number of benzene rings is 2. The Kier molecular flexibility index (Phi) is 3.41. The molecule has 3 N–H and O–H groups in total. The number of anilines is 2. The highest BCUT2D eigenvalue weighted by molar-refractivity contribution is 6.05. The van der Waals surface area contributed by atoms with Gasteiger partial charge in [0.2, 0.25) is 0 Å². The number of nitrogens with two attached hydrogens (primary N) is 1. The molecule has 0 heterocycles.